The van der Waals surface area contributed by atoms with Gasteiger partial charge in [0.25, 0.3) is 0 Å². The molecule has 0 aliphatic rings. The average molecular weight is 211 g/mol. The summed E-state index contributed by atoms with van der Waals surface area (Å²) < 4.78 is 0. The Morgan fingerprint density at radius 2 is 2.00 bits per heavy atom. The number of hydrogen-bond donors (Lipinski definition) is 1. The molecule has 0 fully saturated rings. The Bertz CT molecular complexity index is 495. The predicted octanol–water partition coefficient (Wildman–Crippen LogP) is 2.84. The lowest BCUT2D eigenvalue weighted by Crippen LogP contribution is -1.76. The fourth-order valence-corrected chi connectivity index (χ4v) is 1.32. The highest BCUT2D eigenvalue weighted by molar-refractivity contribution is 5.54. The molecule has 1 N–H and O–H groups in total. The topological polar surface area (TPSA) is 41.6 Å². The number of aromatic nitrogens is 3. The minimum atomic E-state index is 0.952. The van der Waals surface area contributed by atoms with E-state index in [-0.39, 0.29) is 0 Å². The number of aromatic amines is 1. The molecule has 2 heterocycles. The van der Waals surface area contributed by atoms with E-state index in [1.165, 1.54) is 0 Å². The first-order valence-corrected chi connectivity index (χ1v) is 5.12. The lowest BCUT2D eigenvalue weighted by molar-refractivity contribution is 1.25. The van der Waals surface area contributed by atoms with Crippen molar-refractivity contribution in [2.45, 2.75) is 6.92 Å². The molecule has 0 radical (unpaired) electrons. The first-order chi connectivity index (χ1) is 7.86. The molecule has 0 atom stereocenters. The van der Waals surface area contributed by atoms with Crippen LogP contribution in [0.5, 0.6) is 0 Å². The van der Waals surface area contributed by atoms with Gasteiger partial charge in [-0.15, -0.1) is 0 Å². The van der Waals surface area contributed by atoms with Gasteiger partial charge in [-0.25, -0.2) is 4.98 Å². The van der Waals surface area contributed by atoms with Gasteiger partial charge in [0.05, 0.1) is 23.4 Å². The molecule has 0 aliphatic heterocycles. The minimum Gasteiger partial charge on any atom is -0.345 e. The van der Waals surface area contributed by atoms with Crippen LogP contribution in [0.2, 0.25) is 0 Å². The Labute approximate surface area is 94.6 Å². The monoisotopic (exact) mass is 211 g/mol. The Morgan fingerprint density at radius 3 is 2.69 bits per heavy atom. The quantitative estimate of drug-likeness (QED) is 0.793. The molecule has 0 unspecified atom stereocenters. The first-order valence-electron chi connectivity index (χ1n) is 5.12. The van der Waals surface area contributed by atoms with Crippen LogP contribution in [-0.2, 0) is 0 Å². The fourth-order valence-electron chi connectivity index (χ4n) is 1.32. The normalized spacial score (nSPS) is 11.6. The highest BCUT2D eigenvalue weighted by Crippen LogP contribution is 2.03. The van der Waals surface area contributed by atoms with Crippen LogP contribution in [0.3, 0.4) is 0 Å². The van der Waals surface area contributed by atoms with Crippen molar-refractivity contribution in [3.8, 4) is 0 Å². The summed E-state index contributed by atoms with van der Waals surface area (Å²) in [6, 6.07) is 5.84. The van der Waals surface area contributed by atoms with Crippen molar-refractivity contribution in [1.82, 2.24) is 15.0 Å². The average Bonchev–Trinajstić information content (AvgIpc) is 2.72. The summed E-state index contributed by atoms with van der Waals surface area (Å²) in [6.07, 6.45) is 11.3. The second kappa shape index (κ2) is 5.07. The summed E-state index contributed by atoms with van der Waals surface area (Å²) >= 11 is 0. The van der Waals surface area contributed by atoms with Crippen LogP contribution in [0.4, 0.5) is 0 Å². The van der Waals surface area contributed by atoms with Gasteiger partial charge in [0, 0.05) is 6.20 Å². The van der Waals surface area contributed by atoms with Gasteiger partial charge in [0.15, 0.2) is 0 Å². The zero-order valence-electron chi connectivity index (χ0n) is 9.09. The van der Waals surface area contributed by atoms with Gasteiger partial charge in [-0.1, -0.05) is 18.2 Å². The van der Waals surface area contributed by atoms with Crippen molar-refractivity contribution in [2.75, 3.05) is 0 Å². The van der Waals surface area contributed by atoms with Crippen molar-refractivity contribution in [1.29, 1.82) is 0 Å². The molecule has 0 saturated heterocycles. The van der Waals surface area contributed by atoms with Crippen molar-refractivity contribution in [2.24, 2.45) is 0 Å². The molecule has 0 amide bonds. The van der Waals surface area contributed by atoms with Crippen LogP contribution in [0, 0.1) is 6.92 Å². The fraction of sp³-hybridized carbons (Fsp3) is 0.0769. The summed E-state index contributed by atoms with van der Waals surface area (Å²) in [5, 5.41) is 0. The van der Waals surface area contributed by atoms with E-state index >= 15 is 0 Å². The lowest BCUT2D eigenvalue weighted by atomic mass is 10.3. The molecule has 3 heteroatoms. The highest BCUT2D eigenvalue weighted by Gasteiger charge is 1.92. The van der Waals surface area contributed by atoms with E-state index in [2.05, 4.69) is 15.0 Å². The number of aryl methyl sites for hydroxylation is 1. The third-order valence-corrected chi connectivity index (χ3v) is 2.20. The maximum absolute atomic E-state index is 4.19. The molecule has 80 valence electrons. The van der Waals surface area contributed by atoms with Gasteiger partial charge in [0.2, 0.25) is 0 Å². The van der Waals surface area contributed by atoms with Crippen LogP contribution in [0.15, 0.2) is 42.9 Å². The van der Waals surface area contributed by atoms with E-state index < -0.39 is 0 Å². The molecule has 0 spiro atoms. The number of H-pyrrole nitrogens is 1. The van der Waals surface area contributed by atoms with Gasteiger partial charge in [-0.05, 0) is 31.2 Å². The third-order valence-electron chi connectivity index (χ3n) is 2.20. The maximum Gasteiger partial charge on any atom is 0.0927 e. The van der Waals surface area contributed by atoms with Crippen molar-refractivity contribution >= 4 is 12.2 Å². The molecule has 0 bridgehead atoms. The second-order valence-corrected chi connectivity index (χ2v) is 3.37. The molecule has 16 heavy (non-hydrogen) atoms. The smallest absolute Gasteiger partial charge is 0.0927 e. The third kappa shape index (κ3) is 2.67. The summed E-state index contributed by atoms with van der Waals surface area (Å²) in [4.78, 5) is 11.4. The molecule has 2 aromatic rings. The van der Waals surface area contributed by atoms with Gasteiger partial charge < -0.3 is 4.98 Å². The Morgan fingerprint density at radius 1 is 1.12 bits per heavy atom. The van der Waals surface area contributed by atoms with E-state index in [4.69, 9.17) is 0 Å². The van der Waals surface area contributed by atoms with E-state index in [0.29, 0.717) is 0 Å². The van der Waals surface area contributed by atoms with Gasteiger partial charge in [-0.3, -0.25) is 4.98 Å². The number of nitrogens with zero attached hydrogens (tertiary/aromatic N) is 2. The Kier molecular flexibility index (Phi) is 3.28. The SMILES string of the molecule is Cc1nc[nH]c1C=CC=Cc1ccccn1. The van der Waals surface area contributed by atoms with Crippen LogP contribution < -0.4 is 0 Å². The molecule has 0 saturated carbocycles. The standard InChI is InChI=1S/C13H13N3/c1-11-13(16-10-15-11)8-3-2-6-12-7-4-5-9-14-12/h2-10H,1H3,(H,15,16). The number of hydrogen-bond acceptors (Lipinski definition) is 2. The van der Waals surface area contributed by atoms with Gasteiger partial charge in [0.1, 0.15) is 0 Å². The zero-order chi connectivity index (χ0) is 11.2. The Hall–Kier alpha value is -2.16. The van der Waals surface area contributed by atoms with Gasteiger partial charge >= 0.3 is 0 Å². The van der Waals surface area contributed by atoms with Crippen molar-refractivity contribution in [3.63, 3.8) is 0 Å². The van der Waals surface area contributed by atoms with E-state index in [1.54, 1.807) is 12.5 Å². The number of rotatable bonds is 3. The lowest BCUT2D eigenvalue weighted by Gasteiger charge is -1.88. The number of imidazole rings is 1. The molecule has 0 aliphatic carbocycles. The predicted molar refractivity (Wildman–Crippen MR) is 65.6 cm³/mol. The van der Waals surface area contributed by atoms with E-state index in [1.807, 2.05) is 49.4 Å². The summed E-state index contributed by atoms with van der Waals surface area (Å²) in [7, 11) is 0. The van der Waals surface area contributed by atoms with E-state index in [9.17, 15) is 0 Å². The van der Waals surface area contributed by atoms with Crippen LogP contribution >= 0.6 is 0 Å². The maximum atomic E-state index is 4.19. The second-order valence-electron chi connectivity index (χ2n) is 3.37. The van der Waals surface area contributed by atoms with Crippen LogP contribution in [0.1, 0.15) is 17.1 Å². The molecule has 2 rings (SSSR count). The van der Waals surface area contributed by atoms with Gasteiger partial charge in [-0.2, -0.15) is 0 Å². The molecule has 2 aromatic heterocycles. The zero-order valence-corrected chi connectivity index (χ0v) is 9.09. The number of allylic oxidation sites excluding steroid dienone is 2. The molecule has 0 aromatic carbocycles. The number of pyridine rings is 1. The van der Waals surface area contributed by atoms with Crippen molar-refractivity contribution < 1.29 is 0 Å². The number of nitrogens with one attached hydrogen (secondary N) is 1. The minimum absolute atomic E-state index is 0.952. The van der Waals surface area contributed by atoms with E-state index in [0.717, 1.165) is 17.1 Å². The molecular formula is C13H13N3. The Balaban J connectivity index is 2.00. The highest BCUT2D eigenvalue weighted by atomic mass is 14.9. The summed E-state index contributed by atoms with van der Waals surface area (Å²) in [5.41, 5.74) is 2.99. The molecular weight excluding hydrogens is 198 g/mol. The summed E-state index contributed by atoms with van der Waals surface area (Å²) in [5.74, 6) is 0. The molecule has 3 nitrogen and oxygen atoms in total. The van der Waals surface area contributed by atoms with Crippen LogP contribution in [0.25, 0.3) is 12.2 Å². The van der Waals surface area contributed by atoms with Crippen molar-refractivity contribution in [3.05, 3.63) is 60.0 Å². The summed E-state index contributed by atoms with van der Waals surface area (Å²) in [6.45, 7) is 1.97. The largest absolute Gasteiger partial charge is 0.345 e. The van der Waals surface area contributed by atoms with Crippen LogP contribution in [-0.4, -0.2) is 15.0 Å². The first kappa shape index (κ1) is 10.4.